The van der Waals surface area contributed by atoms with Crippen LogP contribution >= 0.6 is 0 Å². The lowest BCUT2D eigenvalue weighted by molar-refractivity contribution is 0.863. The molecule has 0 spiro atoms. The lowest BCUT2D eigenvalue weighted by Crippen LogP contribution is -1.84. The Bertz CT molecular complexity index is 597. The maximum atomic E-state index is 4.18. The molecule has 2 atom stereocenters. The zero-order valence-corrected chi connectivity index (χ0v) is 9.06. The van der Waals surface area contributed by atoms with Gasteiger partial charge in [0.2, 0.25) is 0 Å². The van der Waals surface area contributed by atoms with Crippen LogP contribution in [0.1, 0.15) is 18.4 Å². The molecule has 1 nitrogen and oxygen atoms in total. The number of benzene rings is 1. The first-order chi connectivity index (χ1) is 7.90. The molecule has 0 bridgehead atoms. The van der Waals surface area contributed by atoms with E-state index in [9.17, 15) is 0 Å². The van der Waals surface area contributed by atoms with Crippen molar-refractivity contribution in [1.29, 1.82) is 0 Å². The van der Waals surface area contributed by atoms with Crippen molar-refractivity contribution in [2.24, 2.45) is 11.8 Å². The quantitative estimate of drug-likeness (QED) is 0.695. The van der Waals surface area contributed by atoms with Crippen LogP contribution in [0.2, 0.25) is 0 Å². The highest BCUT2D eigenvalue weighted by atomic mass is 14.6. The average Bonchev–Trinajstić information content (AvgIpc) is 2.96. The van der Waals surface area contributed by atoms with Crippen LogP contribution in [0.3, 0.4) is 0 Å². The molecule has 0 saturated heterocycles. The molecule has 2 aromatic rings. The molecule has 78 valence electrons. The molecule has 1 saturated carbocycles. The van der Waals surface area contributed by atoms with Crippen molar-refractivity contribution in [1.82, 2.24) is 4.98 Å². The SMILES string of the molecule is C1=C(c2ccc3ccncc3c2)C[C@H]2C[C@@H]12. The van der Waals surface area contributed by atoms with Crippen LogP contribution in [-0.4, -0.2) is 4.98 Å². The zero-order valence-electron chi connectivity index (χ0n) is 9.06. The second kappa shape index (κ2) is 2.94. The summed E-state index contributed by atoms with van der Waals surface area (Å²) in [6, 6.07) is 8.80. The summed E-state index contributed by atoms with van der Waals surface area (Å²) in [7, 11) is 0. The minimum atomic E-state index is 0.902. The molecule has 1 fully saturated rings. The van der Waals surface area contributed by atoms with Crippen LogP contribution in [-0.2, 0) is 0 Å². The summed E-state index contributed by atoms with van der Waals surface area (Å²) < 4.78 is 0. The van der Waals surface area contributed by atoms with E-state index in [0.717, 1.165) is 11.8 Å². The third-order valence-corrected chi connectivity index (χ3v) is 3.89. The van der Waals surface area contributed by atoms with E-state index in [1.54, 1.807) is 5.57 Å². The summed E-state index contributed by atoms with van der Waals surface area (Å²) in [5, 5.41) is 2.53. The predicted molar refractivity (Wildman–Crippen MR) is 65.9 cm³/mol. The number of fused-ring (bicyclic) bond motifs is 2. The van der Waals surface area contributed by atoms with Crippen LogP contribution in [0.4, 0.5) is 0 Å². The molecule has 0 radical (unpaired) electrons. The van der Waals surface area contributed by atoms with Crippen LogP contribution in [0.5, 0.6) is 0 Å². The second-order valence-corrected chi connectivity index (χ2v) is 4.99. The summed E-state index contributed by atoms with van der Waals surface area (Å²) in [5.41, 5.74) is 2.94. The number of hydrogen-bond acceptors (Lipinski definition) is 1. The lowest BCUT2D eigenvalue weighted by atomic mass is 10.0. The van der Waals surface area contributed by atoms with Gasteiger partial charge in [-0.3, -0.25) is 4.98 Å². The summed E-state index contributed by atoms with van der Waals surface area (Å²) >= 11 is 0. The highest BCUT2D eigenvalue weighted by Crippen LogP contribution is 2.52. The molecule has 0 unspecified atom stereocenters. The molecule has 0 aliphatic heterocycles. The third kappa shape index (κ3) is 1.21. The Morgan fingerprint density at radius 2 is 2.12 bits per heavy atom. The van der Waals surface area contributed by atoms with Crippen LogP contribution in [0, 0.1) is 11.8 Å². The number of rotatable bonds is 1. The van der Waals surface area contributed by atoms with E-state index in [0.29, 0.717) is 0 Å². The minimum Gasteiger partial charge on any atom is -0.264 e. The Hall–Kier alpha value is -1.63. The van der Waals surface area contributed by atoms with Gasteiger partial charge in [0.15, 0.2) is 0 Å². The number of pyridine rings is 1. The monoisotopic (exact) mass is 207 g/mol. The molecular weight excluding hydrogens is 194 g/mol. The van der Waals surface area contributed by atoms with Gasteiger partial charge in [0.1, 0.15) is 0 Å². The third-order valence-electron chi connectivity index (χ3n) is 3.89. The Morgan fingerprint density at radius 3 is 3.00 bits per heavy atom. The fourth-order valence-corrected chi connectivity index (χ4v) is 2.82. The number of aromatic nitrogens is 1. The number of nitrogens with zero attached hydrogens (tertiary/aromatic N) is 1. The molecule has 1 aromatic carbocycles. The van der Waals surface area contributed by atoms with Gasteiger partial charge in [-0.05, 0) is 53.3 Å². The van der Waals surface area contributed by atoms with Gasteiger partial charge >= 0.3 is 0 Å². The summed E-state index contributed by atoms with van der Waals surface area (Å²) in [6.45, 7) is 0. The van der Waals surface area contributed by atoms with Gasteiger partial charge in [0.05, 0.1) is 0 Å². The smallest absolute Gasteiger partial charge is 0.0346 e. The van der Waals surface area contributed by atoms with Crippen LogP contribution in [0.25, 0.3) is 16.3 Å². The zero-order chi connectivity index (χ0) is 10.5. The van der Waals surface area contributed by atoms with Crippen molar-refractivity contribution < 1.29 is 0 Å². The van der Waals surface area contributed by atoms with Gasteiger partial charge in [0.25, 0.3) is 0 Å². The summed E-state index contributed by atoms with van der Waals surface area (Å²) in [6.07, 6.45) is 9.00. The van der Waals surface area contributed by atoms with E-state index in [2.05, 4.69) is 35.3 Å². The van der Waals surface area contributed by atoms with Gasteiger partial charge < -0.3 is 0 Å². The Labute approximate surface area is 94.8 Å². The van der Waals surface area contributed by atoms with Gasteiger partial charge in [-0.25, -0.2) is 0 Å². The van der Waals surface area contributed by atoms with E-state index < -0.39 is 0 Å². The Kier molecular flexibility index (Phi) is 1.57. The first kappa shape index (κ1) is 8.51. The first-order valence-electron chi connectivity index (χ1n) is 5.95. The molecule has 0 amide bonds. The average molecular weight is 207 g/mol. The largest absolute Gasteiger partial charge is 0.264 e. The van der Waals surface area contributed by atoms with Crippen molar-refractivity contribution >= 4 is 16.3 Å². The fraction of sp³-hybridized carbons (Fsp3) is 0.267. The van der Waals surface area contributed by atoms with E-state index in [1.165, 1.54) is 29.2 Å². The number of allylic oxidation sites excluding steroid dienone is 2. The maximum Gasteiger partial charge on any atom is 0.0346 e. The first-order valence-corrected chi connectivity index (χ1v) is 5.95. The van der Waals surface area contributed by atoms with Crippen LogP contribution < -0.4 is 0 Å². The minimum absolute atomic E-state index is 0.902. The molecule has 1 heteroatoms. The van der Waals surface area contributed by atoms with Crippen molar-refractivity contribution in [3.8, 4) is 0 Å². The van der Waals surface area contributed by atoms with E-state index in [4.69, 9.17) is 0 Å². The lowest BCUT2D eigenvalue weighted by Gasteiger charge is -2.05. The normalized spacial score (nSPS) is 26.6. The fourth-order valence-electron chi connectivity index (χ4n) is 2.82. The topological polar surface area (TPSA) is 12.9 Å². The molecule has 2 aliphatic rings. The maximum absolute atomic E-state index is 4.18. The molecular formula is C15H13N. The standard InChI is InChI=1S/C15H13N/c1-2-11(12-6-13-8-14(13)7-12)5-15-9-16-4-3-10(1)15/h1-6,9,13-14H,7-8H2/t13-,14+/m1/s1. The van der Waals surface area contributed by atoms with Gasteiger partial charge in [-0.15, -0.1) is 0 Å². The van der Waals surface area contributed by atoms with Gasteiger partial charge in [-0.1, -0.05) is 18.2 Å². The highest BCUT2D eigenvalue weighted by molar-refractivity contribution is 5.86. The van der Waals surface area contributed by atoms with Gasteiger partial charge in [-0.2, -0.15) is 0 Å². The van der Waals surface area contributed by atoms with Crippen molar-refractivity contribution in [3.63, 3.8) is 0 Å². The van der Waals surface area contributed by atoms with Crippen molar-refractivity contribution in [2.45, 2.75) is 12.8 Å². The predicted octanol–water partition coefficient (Wildman–Crippen LogP) is 3.66. The summed E-state index contributed by atoms with van der Waals surface area (Å²) in [4.78, 5) is 4.18. The van der Waals surface area contributed by atoms with E-state index in [1.807, 2.05) is 12.4 Å². The molecule has 16 heavy (non-hydrogen) atoms. The summed E-state index contributed by atoms with van der Waals surface area (Å²) in [5.74, 6) is 1.87. The van der Waals surface area contributed by atoms with Crippen LogP contribution in [0.15, 0.2) is 42.7 Å². The van der Waals surface area contributed by atoms with Crippen molar-refractivity contribution in [2.75, 3.05) is 0 Å². The van der Waals surface area contributed by atoms with Gasteiger partial charge in [0, 0.05) is 17.8 Å². The second-order valence-electron chi connectivity index (χ2n) is 4.99. The molecule has 4 rings (SSSR count). The molecule has 2 aliphatic carbocycles. The van der Waals surface area contributed by atoms with Crippen molar-refractivity contribution in [3.05, 3.63) is 48.3 Å². The van der Waals surface area contributed by atoms with E-state index in [-0.39, 0.29) is 0 Å². The molecule has 1 heterocycles. The highest BCUT2D eigenvalue weighted by Gasteiger charge is 2.40. The Morgan fingerprint density at radius 1 is 1.12 bits per heavy atom. The van der Waals surface area contributed by atoms with E-state index >= 15 is 0 Å². The number of hydrogen-bond donors (Lipinski definition) is 0. The Balaban J connectivity index is 1.83. The molecule has 0 N–H and O–H groups in total. The molecule has 1 aromatic heterocycles.